The minimum absolute atomic E-state index is 0.851. The van der Waals surface area contributed by atoms with Crippen molar-refractivity contribution in [2.75, 3.05) is 0 Å². The lowest BCUT2D eigenvalue weighted by Gasteiger charge is -2.26. The van der Waals surface area contributed by atoms with E-state index in [4.69, 9.17) is 0 Å². The van der Waals surface area contributed by atoms with Gasteiger partial charge in [0.2, 0.25) is 0 Å². The third-order valence-electron chi connectivity index (χ3n) is 5.57. The molecule has 0 unspecified atom stereocenters. The standard InChI is InChI=1S/C27H21OP/c28-29(23-13-3-1-4-14-23,24-15-5-2-6-16-24)27-25-17-9-7-11-21(25)19-20-22-12-8-10-18-26(22)27/h1-11,13-20H,12H2. The summed E-state index contributed by atoms with van der Waals surface area (Å²) in [6.45, 7) is 0. The smallest absolute Gasteiger partial charge is 0.172 e. The summed E-state index contributed by atoms with van der Waals surface area (Å²) in [6.07, 6.45) is 11.6. The van der Waals surface area contributed by atoms with Crippen LogP contribution in [0, 0.1) is 0 Å². The second kappa shape index (κ2) is 7.35. The van der Waals surface area contributed by atoms with Crippen LogP contribution in [-0.2, 0) is 4.57 Å². The van der Waals surface area contributed by atoms with Crippen LogP contribution < -0.4 is 21.0 Å². The number of fused-ring (bicyclic) bond motifs is 2. The Labute approximate surface area is 171 Å². The van der Waals surface area contributed by atoms with Crippen LogP contribution in [0.1, 0.15) is 6.42 Å². The van der Waals surface area contributed by atoms with E-state index in [1.807, 2.05) is 72.8 Å². The molecule has 3 aromatic carbocycles. The maximum Gasteiger partial charge on any atom is 0.172 e. The molecule has 0 spiro atoms. The van der Waals surface area contributed by atoms with Crippen LogP contribution in [0.2, 0.25) is 0 Å². The molecule has 0 N–H and O–H groups in total. The summed E-state index contributed by atoms with van der Waals surface area (Å²) < 4.78 is 15.2. The van der Waals surface area contributed by atoms with Crippen molar-refractivity contribution in [3.63, 3.8) is 0 Å². The first kappa shape index (κ1) is 17.9. The fraction of sp³-hybridized carbons (Fsp3) is 0.0370. The molecule has 0 amide bonds. The van der Waals surface area contributed by atoms with Gasteiger partial charge in [0.05, 0.1) is 0 Å². The molecule has 29 heavy (non-hydrogen) atoms. The second-order valence-electron chi connectivity index (χ2n) is 7.29. The first-order chi connectivity index (χ1) is 14.3. The van der Waals surface area contributed by atoms with E-state index in [9.17, 15) is 0 Å². The largest absolute Gasteiger partial charge is 0.309 e. The van der Waals surface area contributed by atoms with Gasteiger partial charge in [-0.3, -0.25) is 0 Å². The van der Waals surface area contributed by atoms with Crippen molar-refractivity contribution in [3.05, 3.63) is 131 Å². The molecule has 2 heteroatoms. The van der Waals surface area contributed by atoms with Crippen LogP contribution in [-0.4, -0.2) is 0 Å². The summed E-state index contributed by atoms with van der Waals surface area (Å²) in [5.74, 6) is 0. The molecule has 0 aliphatic heterocycles. The fourth-order valence-corrected chi connectivity index (χ4v) is 7.28. The molecule has 0 fully saturated rings. The van der Waals surface area contributed by atoms with Gasteiger partial charge in [-0.2, -0.15) is 0 Å². The molecule has 0 atom stereocenters. The SMILES string of the molecule is O=P(C1=c2ccccc2=CC=C2CC=CC=C21)(c1ccccc1)c1ccccc1. The van der Waals surface area contributed by atoms with E-state index in [0.29, 0.717) is 0 Å². The Hall–Kier alpha value is -3.15. The van der Waals surface area contributed by atoms with E-state index in [0.717, 1.165) is 38.4 Å². The van der Waals surface area contributed by atoms with Gasteiger partial charge in [-0.25, -0.2) is 0 Å². The van der Waals surface area contributed by atoms with Crippen molar-refractivity contribution in [1.29, 1.82) is 0 Å². The third-order valence-corrected chi connectivity index (χ3v) is 8.73. The highest BCUT2D eigenvalue weighted by Crippen LogP contribution is 2.57. The summed E-state index contributed by atoms with van der Waals surface area (Å²) in [5.41, 5.74) is 2.30. The zero-order valence-corrected chi connectivity index (χ0v) is 16.9. The maximum absolute atomic E-state index is 15.2. The zero-order chi connectivity index (χ0) is 19.7. The minimum atomic E-state index is -3.10. The summed E-state index contributed by atoms with van der Waals surface area (Å²) in [6, 6.07) is 28.2. The van der Waals surface area contributed by atoms with Crippen LogP contribution in [0.5, 0.6) is 0 Å². The van der Waals surface area contributed by atoms with Crippen molar-refractivity contribution in [1.82, 2.24) is 0 Å². The molecule has 0 aromatic heterocycles. The normalized spacial score (nSPS) is 15.4. The Bertz CT molecular complexity index is 1280. The van der Waals surface area contributed by atoms with Crippen molar-refractivity contribution in [2.24, 2.45) is 0 Å². The van der Waals surface area contributed by atoms with E-state index in [-0.39, 0.29) is 0 Å². The van der Waals surface area contributed by atoms with E-state index in [2.05, 4.69) is 42.5 Å². The summed E-state index contributed by atoms with van der Waals surface area (Å²) in [4.78, 5) is 0. The summed E-state index contributed by atoms with van der Waals surface area (Å²) in [7, 11) is -3.10. The molecule has 0 saturated carbocycles. The monoisotopic (exact) mass is 392 g/mol. The fourth-order valence-electron chi connectivity index (χ4n) is 4.18. The molecule has 0 radical (unpaired) electrons. The molecule has 2 aliphatic carbocycles. The first-order valence-corrected chi connectivity index (χ1v) is 11.6. The highest BCUT2D eigenvalue weighted by atomic mass is 31.2. The highest BCUT2D eigenvalue weighted by Gasteiger charge is 2.35. The van der Waals surface area contributed by atoms with Gasteiger partial charge in [0, 0.05) is 15.9 Å². The molecule has 1 nitrogen and oxygen atoms in total. The lowest BCUT2D eigenvalue weighted by molar-refractivity contribution is 0.592. The molecule has 0 saturated heterocycles. The molecule has 5 rings (SSSR count). The Morgan fingerprint density at radius 3 is 1.97 bits per heavy atom. The summed E-state index contributed by atoms with van der Waals surface area (Å²) >= 11 is 0. The van der Waals surface area contributed by atoms with Gasteiger partial charge in [-0.05, 0) is 28.0 Å². The van der Waals surface area contributed by atoms with Gasteiger partial charge in [0.1, 0.15) is 0 Å². The van der Waals surface area contributed by atoms with Gasteiger partial charge < -0.3 is 4.57 Å². The molecule has 0 bridgehead atoms. The van der Waals surface area contributed by atoms with E-state index in [1.54, 1.807) is 0 Å². The van der Waals surface area contributed by atoms with Crippen LogP contribution in [0.25, 0.3) is 11.4 Å². The van der Waals surface area contributed by atoms with Gasteiger partial charge in [-0.15, -0.1) is 0 Å². The molecule has 3 aromatic rings. The van der Waals surface area contributed by atoms with Gasteiger partial charge in [0.15, 0.2) is 7.14 Å². The van der Waals surface area contributed by atoms with Gasteiger partial charge in [-0.1, -0.05) is 115 Å². The predicted octanol–water partition coefficient (Wildman–Crippen LogP) is 4.42. The predicted molar refractivity (Wildman–Crippen MR) is 123 cm³/mol. The number of hydrogen-bond donors (Lipinski definition) is 0. The topological polar surface area (TPSA) is 17.1 Å². The third kappa shape index (κ3) is 2.99. The molecule has 2 aliphatic rings. The molecule has 0 heterocycles. The van der Waals surface area contributed by atoms with E-state index >= 15 is 4.57 Å². The van der Waals surface area contributed by atoms with Crippen molar-refractivity contribution in [3.8, 4) is 0 Å². The Balaban J connectivity index is 1.97. The lowest BCUT2D eigenvalue weighted by Crippen LogP contribution is -2.30. The lowest BCUT2D eigenvalue weighted by atomic mass is 9.97. The Morgan fingerprint density at radius 2 is 1.28 bits per heavy atom. The van der Waals surface area contributed by atoms with Gasteiger partial charge >= 0.3 is 0 Å². The summed E-state index contributed by atoms with van der Waals surface area (Å²) in [5, 5.41) is 4.84. The number of benzene rings is 3. The number of rotatable bonds is 3. The Kier molecular flexibility index (Phi) is 4.54. The van der Waals surface area contributed by atoms with Crippen LogP contribution >= 0.6 is 7.14 Å². The molecule has 140 valence electrons. The van der Waals surface area contributed by atoms with Crippen LogP contribution in [0.15, 0.2) is 120 Å². The average molecular weight is 392 g/mol. The van der Waals surface area contributed by atoms with Crippen molar-refractivity contribution < 1.29 is 4.57 Å². The quantitative estimate of drug-likeness (QED) is 0.604. The van der Waals surface area contributed by atoms with Crippen LogP contribution in [0.4, 0.5) is 0 Å². The zero-order valence-electron chi connectivity index (χ0n) is 16.0. The Morgan fingerprint density at radius 1 is 0.655 bits per heavy atom. The van der Waals surface area contributed by atoms with Crippen LogP contribution in [0.3, 0.4) is 0 Å². The first-order valence-electron chi connectivity index (χ1n) is 9.88. The minimum Gasteiger partial charge on any atom is -0.309 e. The van der Waals surface area contributed by atoms with Gasteiger partial charge in [0.25, 0.3) is 0 Å². The van der Waals surface area contributed by atoms with E-state index in [1.165, 1.54) is 5.57 Å². The molecular formula is C27H21OP. The molecular weight excluding hydrogens is 371 g/mol. The highest BCUT2D eigenvalue weighted by molar-refractivity contribution is 7.87. The van der Waals surface area contributed by atoms with E-state index < -0.39 is 7.14 Å². The van der Waals surface area contributed by atoms with Crippen molar-refractivity contribution in [2.45, 2.75) is 6.42 Å². The van der Waals surface area contributed by atoms with Crippen molar-refractivity contribution >= 4 is 29.1 Å². The maximum atomic E-state index is 15.2. The second-order valence-corrected chi connectivity index (χ2v) is 9.99. The number of allylic oxidation sites excluding steroid dienone is 6. The average Bonchev–Trinajstić information content (AvgIpc) is 2.97. The number of hydrogen-bond acceptors (Lipinski definition) is 1.